The van der Waals surface area contributed by atoms with Crippen LogP contribution in [0.2, 0.25) is 0 Å². The Kier molecular flexibility index (Phi) is 7.26. The number of aromatic nitrogens is 2. The van der Waals surface area contributed by atoms with Crippen molar-refractivity contribution in [3.63, 3.8) is 0 Å². The second-order valence-electron chi connectivity index (χ2n) is 8.99. The molecule has 1 amide bonds. The highest BCUT2D eigenvalue weighted by molar-refractivity contribution is 7.09. The number of piperidine rings is 1. The minimum Gasteiger partial charge on any atom is -0.481 e. The predicted molar refractivity (Wildman–Crippen MR) is 126 cm³/mol. The number of carbonyl (C=O) groups is 2. The van der Waals surface area contributed by atoms with Crippen LogP contribution in [0.25, 0.3) is 0 Å². The van der Waals surface area contributed by atoms with E-state index >= 15 is 0 Å². The number of fused-ring (bicyclic) bond motifs is 4. The fourth-order valence-electron chi connectivity index (χ4n) is 4.94. The van der Waals surface area contributed by atoms with E-state index in [1.54, 1.807) is 17.4 Å². The molecule has 2 saturated heterocycles. The lowest BCUT2D eigenvalue weighted by Gasteiger charge is -2.38. The van der Waals surface area contributed by atoms with Gasteiger partial charge in [-0.1, -0.05) is 0 Å². The zero-order valence-electron chi connectivity index (χ0n) is 19.1. The van der Waals surface area contributed by atoms with E-state index in [0.29, 0.717) is 30.5 Å². The number of pyridine rings is 1. The van der Waals surface area contributed by atoms with Gasteiger partial charge in [0, 0.05) is 69.7 Å². The van der Waals surface area contributed by atoms with Crippen LogP contribution in [0.1, 0.15) is 46.0 Å². The summed E-state index contributed by atoms with van der Waals surface area (Å²) in [6, 6.07) is 3.76. The summed E-state index contributed by atoms with van der Waals surface area (Å²) in [5.41, 5.74) is 2.40. The lowest BCUT2D eigenvalue weighted by atomic mass is 9.84. The van der Waals surface area contributed by atoms with E-state index in [-0.39, 0.29) is 11.5 Å². The Morgan fingerprint density at radius 1 is 1.21 bits per heavy atom. The Labute approximate surface area is 197 Å². The minimum absolute atomic E-state index is 0.107. The van der Waals surface area contributed by atoms with Crippen molar-refractivity contribution in [1.29, 1.82) is 0 Å². The maximum atomic E-state index is 13.1. The van der Waals surface area contributed by atoms with Crippen LogP contribution in [0.5, 0.6) is 0 Å². The number of nitrogens with zero attached hydrogens (tertiary/aromatic N) is 4. The van der Waals surface area contributed by atoms with Crippen molar-refractivity contribution in [3.05, 3.63) is 49.8 Å². The average Bonchev–Trinajstić information content (AvgIpc) is 3.19. The average molecular weight is 474 g/mol. The molecule has 0 aromatic carbocycles. The number of amides is 1. The zero-order chi connectivity index (χ0) is 23.5. The van der Waals surface area contributed by atoms with Crippen LogP contribution >= 0.6 is 11.3 Å². The molecule has 3 aliphatic rings. The quantitative estimate of drug-likeness (QED) is 0.693. The molecule has 33 heavy (non-hydrogen) atoms. The third-order valence-corrected chi connectivity index (χ3v) is 7.27. The minimum atomic E-state index is -0.833. The molecule has 2 bridgehead atoms. The highest BCUT2D eigenvalue weighted by atomic mass is 32.1. The van der Waals surface area contributed by atoms with Crippen LogP contribution < -0.4 is 10.9 Å². The molecule has 2 fully saturated rings. The van der Waals surface area contributed by atoms with Crippen LogP contribution in [0.3, 0.4) is 0 Å². The first-order valence-electron chi connectivity index (χ1n) is 11.4. The van der Waals surface area contributed by atoms with Crippen LogP contribution in [0.15, 0.2) is 22.3 Å². The van der Waals surface area contributed by atoms with E-state index in [4.69, 9.17) is 9.90 Å². The molecule has 0 radical (unpaired) electrons. The van der Waals surface area contributed by atoms with E-state index < -0.39 is 5.97 Å². The number of hydrogen-bond donors (Lipinski definition) is 2. The molecule has 2 N–H and O–H groups in total. The highest BCUT2D eigenvalue weighted by Gasteiger charge is 2.33. The molecule has 0 aliphatic carbocycles. The van der Waals surface area contributed by atoms with Gasteiger partial charge in [0.05, 0.1) is 10.7 Å². The fraction of sp³-hybridized carbons (Fsp3) is 0.565. The van der Waals surface area contributed by atoms with Crippen molar-refractivity contribution in [2.24, 2.45) is 5.92 Å². The molecule has 0 spiro atoms. The molecule has 2 aromatic heterocycles. The Balaban J connectivity index is 0.000000601. The van der Waals surface area contributed by atoms with Crippen molar-refractivity contribution in [3.8, 4) is 0 Å². The molecular weight excluding hydrogens is 442 g/mol. The number of aliphatic carboxylic acids is 1. The van der Waals surface area contributed by atoms with Crippen LogP contribution in [0, 0.1) is 12.8 Å². The molecule has 0 saturated carbocycles. The monoisotopic (exact) mass is 473 g/mol. The van der Waals surface area contributed by atoms with Gasteiger partial charge < -0.3 is 19.9 Å². The summed E-state index contributed by atoms with van der Waals surface area (Å²) in [6.07, 6.45) is 1.14. The third-order valence-electron chi connectivity index (χ3n) is 6.45. The summed E-state index contributed by atoms with van der Waals surface area (Å²) >= 11 is 1.67. The summed E-state index contributed by atoms with van der Waals surface area (Å²) in [5, 5.41) is 14.1. The van der Waals surface area contributed by atoms with E-state index in [1.807, 2.05) is 22.5 Å². The first kappa shape index (κ1) is 23.6. The van der Waals surface area contributed by atoms with Crippen LogP contribution in [-0.4, -0.2) is 75.6 Å². The largest absolute Gasteiger partial charge is 0.481 e. The number of aryl methyl sites for hydroxylation is 1. The van der Waals surface area contributed by atoms with E-state index in [2.05, 4.69) is 20.6 Å². The van der Waals surface area contributed by atoms with Gasteiger partial charge in [0.1, 0.15) is 5.56 Å². The third kappa shape index (κ3) is 5.51. The molecule has 178 valence electrons. The second-order valence-corrected chi connectivity index (χ2v) is 10.1. The Morgan fingerprint density at radius 2 is 1.94 bits per heavy atom. The van der Waals surface area contributed by atoms with Crippen molar-refractivity contribution >= 4 is 23.2 Å². The summed E-state index contributed by atoms with van der Waals surface area (Å²) in [5.74, 6) is -0.0808. The van der Waals surface area contributed by atoms with Gasteiger partial charge in [-0.2, -0.15) is 0 Å². The van der Waals surface area contributed by atoms with Crippen molar-refractivity contribution in [2.75, 3.05) is 39.3 Å². The first-order chi connectivity index (χ1) is 15.8. The fourth-order valence-corrected chi connectivity index (χ4v) is 5.55. The molecule has 10 heteroatoms. The van der Waals surface area contributed by atoms with Crippen molar-refractivity contribution in [1.82, 2.24) is 24.7 Å². The lowest BCUT2D eigenvalue weighted by molar-refractivity contribution is -0.134. The zero-order valence-corrected chi connectivity index (χ0v) is 19.9. The molecule has 2 atom stereocenters. The normalized spacial score (nSPS) is 22.2. The highest BCUT2D eigenvalue weighted by Crippen LogP contribution is 2.31. The van der Waals surface area contributed by atoms with E-state index in [0.717, 1.165) is 69.0 Å². The number of carboxylic acid groups (broad SMARTS) is 1. The van der Waals surface area contributed by atoms with E-state index in [9.17, 15) is 9.59 Å². The number of thiazole rings is 1. The number of hydrogen-bond acceptors (Lipinski definition) is 7. The van der Waals surface area contributed by atoms with Crippen LogP contribution in [0.4, 0.5) is 0 Å². The van der Waals surface area contributed by atoms with Gasteiger partial charge in [0.2, 0.25) is 0 Å². The van der Waals surface area contributed by atoms with Gasteiger partial charge in [-0.3, -0.25) is 19.3 Å². The Hall–Kier alpha value is -2.56. The van der Waals surface area contributed by atoms with Crippen LogP contribution in [-0.2, 0) is 17.9 Å². The van der Waals surface area contributed by atoms with Gasteiger partial charge in [-0.15, -0.1) is 11.3 Å². The van der Waals surface area contributed by atoms with Gasteiger partial charge in [-0.25, -0.2) is 4.98 Å². The smallest absolute Gasteiger partial charge is 0.300 e. The second kappa shape index (κ2) is 10.1. The predicted octanol–water partition coefficient (Wildman–Crippen LogP) is 1.37. The Morgan fingerprint density at radius 3 is 2.61 bits per heavy atom. The standard InChI is InChI=1S/C21H27N5O2S.C2H4O2/c1-14-23-17(13-29-14)12-24-4-6-25(7-5-24)20(27)18-2-3-19-16-8-15(9-22-10-16)11-26(19)21(18)28;1-2(3)4/h2-3,13,15-16,22H,4-12H2,1H3;1H3,(H,3,4)/t15-,16+;/m0./s1. The molecule has 3 aliphatic heterocycles. The summed E-state index contributed by atoms with van der Waals surface area (Å²) < 4.78 is 1.87. The molecule has 5 heterocycles. The summed E-state index contributed by atoms with van der Waals surface area (Å²) in [7, 11) is 0. The molecule has 9 nitrogen and oxygen atoms in total. The number of piperazine rings is 1. The van der Waals surface area contributed by atoms with Crippen molar-refractivity contribution in [2.45, 2.75) is 39.3 Å². The topological polar surface area (TPSA) is 108 Å². The van der Waals surface area contributed by atoms with Crippen molar-refractivity contribution < 1.29 is 14.7 Å². The first-order valence-corrected chi connectivity index (χ1v) is 12.3. The molecule has 2 aromatic rings. The SMILES string of the molecule is CC(=O)O.Cc1nc(CN2CCN(C(=O)c3ccc4n(c3=O)C[C@@H]3CNC[C@H]4C3)CC2)cs1. The van der Waals surface area contributed by atoms with Gasteiger partial charge in [0.25, 0.3) is 17.4 Å². The molecule has 5 rings (SSSR count). The number of carbonyl (C=O) groups excluding carboxylic acids is 1. The van der Waals surface area contributed by atoms with Gasteiger partial charge in [0.15, 0.2) is 0 Å². The number of carboxylic acids is 1. The Bertz CT molecular complexity index is 1070. The van der Waals surface area contributed by atoms with Gasteiger partial charge in [-0.05, 0) is 37.9 Å². The van der Waals surface area contributed by atoms with Gasteiger partial charge >= 0.3 is 0 Å². The lowest BCUT2D eigenvalue weighted by Crippen LogP contribution is -2.50. The number of rotatable bonds is 3. The summed E-state index contributed by atoms with van der Waals surface area (Å²) in [6.45, 7) is 9.45. The maximum Gasteiger partial charge on any atom is 0.300 e. The number of nitrogens with one attached hydrogen (secondary N) is 1. The maximum absolute atomic E-state index is 13.1. The summed E-state index contributed by atoms with van der Waals surface area (Å²) in [4.78, 5) is 43.9. The van der Waals surface area contributed by atoms with E-state index in [1.165, 1.54) is 0 Å². The molecular formula is C23H31N5O4S. The molecule has 0 unspecified atom stereocenters.